The highest BCUT2D eigenvalue weighted by Gasteiger charge is 2.25. The van der Waals surface area contributed by atoms with Crippen LogP contribution in [0, 0.1) is 0 Å². The first-order chi connectivity index (χ1) is 6.95. The molecule has 0 bridgehead atoms. The van der Waals surface area contributed by atoms with Gasteiger partial charge in [0.25, 0.3) is 0 Å². The lowest BCUT2D eigenvalue weighted by atomic mass is 10.4. The average Bonchev–Trinajstić information content (AvgIpc) is 2.01. The molecule has 0 fully saturated rings. The minimum absolute atomic E-state index is 1.25. The topological polar surface area (TPSA) is 0 Å². The van der Waals surface area contributed by atoms with E-state index in [1.165, 1.54) is 36.1 Å². The molecule has 0 N–H and O–H groups in total. The maximum Gasteiger partial charge on any atom is 0.101 e. The number of hydrogen-bond donors (Lipinski definition) is 0. The lowest BCUT2D eigenvalue weighted by Crippen LogP contribution is -2.30. The molecular weight excluding hydrogens is 196 g/mol. The van der Waals surface area contributed by atoms with Crippen molar-refractivity contribution in [3.63, 3.8) is 0 Å². The van der Waals surface area contributed by atoms with Crippen molar-refractivity contribution in [1.82, 2.24) is 0 Å². The van der Waals surface area contributed by atoms with Gasteiger partial charge in [-0.1, -0.05) is 61.3 Å². The van der Waals surface area contributed by atoms with E-state index in [0.29, 0.717) is 0 Å². The fourth-order valence-corrected chi connectivity index (χ4v) is 7.61. The van der Waals surface area contributed by atoms with Gasteiger partial charge in [0.15, 0.2) is 0 Å². The van der Waals surface area contributed by atoms with Crippen LogP contribution in [-0.2, 0) is 0 Å². The second-order valence-corrected chi connectivity index (χ2v) is 9.22. The first-order valence-electron chi connectivity index (χ1n) is 6.28. The SMILES string of the molecule is CCC[Si](C=C(C)C)(C=C(C)C)CCC. The molecule has 0 aliphatic rings. The van der Waals surface area contributed by atoms with E-state index < -0.39 is 8.07 Å². The molecule has 0 aliphatic carbocycles. The minimum atomic E-state index is -1.25. The third-order valence-corrected chi connectivity index (χ3v) is 7.75. The molecule has 0 saturated heterocycles. The quantitative estimate of drug-likeness (QED) is 0.539. The summed E-state index contributed by atoms with van der Waals surface area (Å²) in [4.78, 5) is 0. The van der Waals surface area contributed by atoms with E-state index in [-0.39, 0.29) is 0 Å². The Bertz CT molecular complexity index is 202. The summed E-state index contributed by atoms with van der Waals surface area (Å²) in [6, 6.07) is 2.83. The predicted octanol–water partition coefficient (Wildman–Crippen LogP) is 5.27. The molecule has 0 nitrogen and oxygen atoms in total. The summed E-state index contributed by atoms with van der Waals surface area (Å²) in [7, 11) is -1.25. The van der Waals surface area contributed by atoms with Crippen LogP contribution in [0.4, 0.5) is 0 Å². The molecule has 0 amide bonds. The first-order valence-corrected chi connectivity index (χ1v) is 8.84. The van der Waals surface area contributed by atoms with Crippen molar-refractivity contribution in [2.24, 2.45) is 0 Å². The van der Waals surface area contributed by atoms with E-state index in [4.69, 9.17) is 0 Å². The van der Waals surface area contributed by atoms with Gasteiger partial charge in [-0.2, -0.15) is 0 Å². The Morgan fingerprint density at radius 2 is 1.13 bits per heavy atom. The van der Waals surface area contributed by atoms with Gasteiger partial charge in [-0.3, -0.25) is 0 Å². The van der Waals surface area contributed by atoms with Crippen LogP contribution in [-0.4, -0.2) is 8.07 Å². The van der Waals surface area contributed by atoms with E-state index >= 15 is 0 Å². The average molecular weight is 224 g/mol. The molecule has 0 aliphatic heterocycles. The van der Waals surface area contributed by atoms with Crippen molar-refractivity contribution in [1.29, 1.82) is 0 Å². The zero-order valence-corrected chi connectivity index (χ0v) is 12.5. The van der Waals surface area contributed by atoms with Crippen LogP contribution in [0.1, 0.15) is 54.4 Å². The van der Waals surface area contributed by atoms with Crippen molar-refractivity contribution in [2.75, 3.05) is 0 Å². The van der Waals surface area contributed by atoms with Crippen LogP contribution < -0.4 is 0 Å². The Labute approximate surface area is 97.5 Å². The summed E-state index contributed by atoms with van der Waals surface area (Å²) >= 11 is 0. The van der Waals surface area contributed by atoms with Gasteiger partial charge >= 0.3 is 0 Å². The van der Waals surface area contributed by atoms with Gasteiger partial charge in [0.05, 0.1) is 0 Å². The molecule has 0 atom stereocenters. The largest absolute Gasteiger partial charge is 0.101 e. The fraction of sp³-hybridized carbons (Fsp3) is 0.714. The van der Waals surface area contributed by atoms with Crippen LogP contribution in [0.25, 0.3) is 0 Å². The summed E-state index contributed by atoms with van der Waals surface area (Å²) in [5.41, 5.74) is 8.21. The second kappa shape index (κ2) is 7.05. The molecule has 15 heavy (non-hydrogen) atoms. The van der Waals surface area contributed by atoms with Crippen LogP contribution in [0.2, 0.25) is 12.1 Å². The lowest BCUT2D eigenvalue weighted by molar-refractivity contribution is 0.993. The van der Waals surface area contributed by atoms with Crippen LogP contribution in [0.15, 0.2) is 22.5 Å². The van der Waals surface area contributed by atoms with Gasteiger partial charge in [-0.25, -0.2) is 0 Å². The molecule has 0 radical (unpaired) electrons. The monoisotopic (exact) mass is 224 g/mol. The molecule has 0 aromatic heterocycles. The lowest BCUT2D eigenvalue weighted by Gasteiger charge is -2.25. The fourth-order valence-electron chi connectivity index (χ4n) is 2.54. The Morgan fingerprint density at radius 1 is 0.800 bits per heavy atom. The first kappa shape index (κ1) is 14.7. The van der Waals surface area contributed by atoms with Gasteiger partial charge < -0.3 is 0 Å². The highest BCUT2D eigenvalue weighted by molar-refractivity contribution is 6.89. The number of hydrogen-bond acceptors (Lipinski definition) is 0. The van der Waals surface area contributed by atoms with Crippen molar-refractivity contribution in [2.45, 2.75) is 66.5 Å². The smallest absolute Gasteiger partial charge is 0.0917 e. The Balaban J connectivity index is 5.06. The van der Waals surface area contributed by atoms with Crippen molar-refractivity contribution in [3.8, 4) is 0 Å². The summed E-state index contributed by atoms with van der Waals surface area (Å²) < 4.78 is 0. The highest BCUT2D eigenvalue weighted by Crippen LogP contribution is 2.25. The number of rotatable bonds is 6. The molecule has 0 unspecified atom stereocenters. The van der Waals surface area contributed by atoms with E-state index in [1.807, 2.05) is 0 Å². The van der Waals surface area contributed by atoms with E-state index in [0.717, 1.165) is 0 Å². The molecule has 0 aromatic carbocycles. The molecule has 0 rings (SSSR count). The Hall–Kier alpha value is -0.303. The predicted molar refractivity (Wildman–Crippen MR) is 74.8 cm³/mol. The zero-order valence-electron chi connectivity index (χ0n) is 11.5. The summed E-state index contributed by atoms with van der Waals surface area (Å²) in [5, 5.41) is 0. The molecule has 0 heterocycles. The zero-order chi connectivity index (χ0) is 11.9. The molecule has 0 spiro atoms. The van der Waals surface area contributed by atoms with Gasteiger partial charge in [0, 0.05) is 0 Å². The van der Waals surface area contributed by atoms with Crippen LogP contribution >= 0.6 is 0 Å². The van der Waals surface area contributed by atoms with E-state index in [2.05, 4.69) is 52.9 Å². The van der Waals surface area contributed by atoms with Crippen molar-refractivity contribution < 1.29 is 0 Å². The van der Waals surface area contributed by atoms with Gasteiger partial charge in [-0.05, 0) is 27.7 Å². The second-order valence-electron chi connectivity index (χ2n) is 5.18. The molecule has 0 aromatic rings. The third-order valence-electron chi connectivity index (χ3n) is 2.58. The molecular formula is C14H28Si. The van der Waals surface area contributed by atoms with Gasteiger partial charge in [-0.15, -0.1) is 0 Å². The third kappa shape index (κ3) is 5.98. The number of allylic oxidation sites excluding steroid dienone is 2. The highest BCUT2D eigenvalue weighted by atomic mass is 28.3. The molecule has 88 valence electrons. The van der Waals surface area contributed by atoms with Crippen molar-refractivity contribution >= 4 is 8.07 Å². The summed E-state index contributed by atoms with van der Waals surface area (Å²) in [6.07, 6.45) is 2.64. The normalized spacial score (nSPS) is 11.1. The van der Waals surface area contributed by atoms with Gasteiger partial charge in [0.2, 0.25) is 0 Å². The molecule has 1 heteroatoms. The van der Waals surface area contributed by atoms with Crippen LogP contribution in [0.3, 0.4) is 0 Å². The van der Waals surface area contributed by atoms with Gasteiger partial charge in [0.1, 0.15) is 8.07 Å². The summed E-state index contributed by atoms with van der Waals surface area (Å²) in [5.74, 6) is 0. The maximum atomic E-state index is 2.60. The van der Waals surface area contributed by atoms with Crippen molar-refractivity contribution in [3.05, 3.63) is 22.5 Å². The Morgan fingerprint density at radius 3 is 1.33 bits per heavy atom. The maximum absolute atomic E-state index is 2.60. The minimum Gasteiger partial charge on any atom is -0.0917 e. The summed E-state index contributed by atoms with van der Waals surface area (Å²) in [6.45, 7) is 13.6. The molecule has 0 saturated carbocycles. The standard InChI is InChI=1S/C14H28Si/c1-7-9-15(10-8-2,11-13(3)4)12-14(5)6/h11-12H,7-10H2,1-6H3. The van der Waals surface area contributed by atoms with Crippen LogP contribution in [0.5, 0.6) is 0 Å². The van der Waals surface area contributed by atoms with E-state index in [9.17, 15) is 0 Å². The Kier molecular flexibility index (Phi) is 6.91. The van der Waals surface area contributed by atoms with E-state index in [1.54, 1.807) is 0 Å².